The number of aryl methyl sites for hydroxylation is 2. The van der Waals surface area contributed by atoms with Gasteiger partial charge >= 0.3 is 0 Å². The molecule has 0 aliphatic carbocycles. The molecule has 1 unspecified atom stereocenters. The normalized spacial score (nSPS) is 12.4. The highest BCUT2D eigenvalue weighted by atomic mass is 16.5. The van der Waals surface area contributed by atoms with Crippen LogP contribution >= 0.6 is 0 Å². The van der Waals surface area contributed by atoms with Crippen molar-refractivity contribution in [2.24, 2.45) is 4.99 Å². The topological polar surface area (TPSA) is 34.1 Å². The third kappa shape index (κ3) is 6.74. The summed E-state index contributed by atoms with van der Waals surface area (Å²) in [7, 11) is 2.03. The first kappa shape index (κ1) is 23.7. The van der Waals surface area contributed by atoms with Crippen LogP contribution in [0.2, 0.25) is 0 Å². The summed E-state index contributed by atoms with van der Waals surface area (Å²) in [5.74, 6) is 1.96. The third-order valence-corrected chi connectivity index (χ3v) is 5.22. The zero-order chi connectivity index (χ0) is 22.1. The van der Waals surface area contributed by atoms with Gasteiger partial charge in [0.2, 0.25) is 0 Å². The van der Waals surface area contributed by atoms with Crippen molar-refractivity contribution in [2.45, 2.75) is 53.0 Å². The van der Waals surface area contributed by atoms with Crippen LogP contribution in [-0.4, -0.2) is 37.5 Å². The second-order valence-electron chi connectivity index (χ2n) is 7.96. The quantitative estimate of drug-likeness (QED) is 0.233. The van der Waals surface area contributed by atoms with Crippen molar-refractivity contribution in [2.75, 3.05) is 20.3 Å². The van der Waals surface area contributed by atoms with Gasteiger partial charge in [0.25, 0.3) is 0 Å². The Morgan fingerprint density at radius 3 is 2.57 bits per heavy atom. The Bertz CT molecular complexity index is 858. The van der Waals surface area contributed by atoms with Crippen LogP contribution in [-0.2, 0) is 4.74 Å². The van der Waals surface area contributed by atoms with Crippen molar-refractivity contribution in [1.82, 2.24) is 4.90 Å². The molecule has 0 saturated heterocycles. The summed E-state index contributed by atoms with van der Waals surface area (Å²) in [6, 6.07) is 12.8. The van der Waals surface area contributed by atoms with Crippen LogP contribution in [0.1, 0.15) is 49.8 Å². The molecule has 0 amide bonds. The smallest absolute Gasteiger partial charge is 0.130 e. The van der Waals surface area contributed by atoms with Crippen molar-refractivity contribution in [3.8, 4) is 11.5 Å². The molecule has 0 bridgehead atoms. The molecule has 2 rings (SSSR count). The number of nitrogens with zero attached hydrogens (tertiary/aromatic N) is 2. The molecule has 2 aromatic carbocycles. The lowest BCUT2D eigenvalue weighted by molar-refractivity contribution is 0.132. The maximum absolute atomic E-state index is 6.25. The third-order valence-electron chi connectivity index (χ3n) is 5.22. The van der Waals surface area contributed by atoms with E-state index in [9.17, 15) is 0 Å². The highest BCUT2D eigenvalue weighted by molar-refractivity contribution is 5.65. The van der Waals surface area contributed by atoms with Crippen LogP contribution in [0.15, 0.2) is 54.0 Å². The van der Waals surface area contributed by atoms with E-state index in [2.05, 4.69) is 68.4 Å². The first-order chi connectivity index (χ1) is 14.3. The summed E-state index contributed by atoms with van der Waals surface area (Å²) in [5.41, 5.74) is 4.31. The minimum atomic E-state index is 0.281. The molecular formula is C26H36N2O2. The van der Waals surface area contributed by atoms with Crippen LogP contribution in [0.3, 0.4) is 0 Å². The van der Waals surface area contributed by atoms with E-state index in [-0.39, 0.29) is 5.92 Å². The van der Waals surface area contributed by atoms with E-state index >= 15 is 0 Å². The Kier molecular flexibility index (Phi) is 9.13. The number of benzene rings is 2. The van der Waals surface area contributed by atoms with Gasteiger partial charge in [-0.05, 0) is 82.0 Å². The van der Waals surface area contributed by atoms with Crippen LogP contribution in [0, 0.1) is 13.8 Å². The van der Waals surface area contributed by atoms with E-state index in [0.717, 1.165) is 34.7 Å². The van der Waals surface area contributed by atoms with Crippen molar-refractivity contribution in [3.05, 3.63) is 65.7 Å². The van der Waals surface area contributed by atoms with E-state index in [1.807, 2.05) is 38.5 Å². The lowest BCUT2D eigenvalue weighted by Gasteiger charge is -2.18. The Labute approximate surface area is 182 Å². The SMILES string of the molecule is C=CCC(COCC)c1cccc(Oc2cc(C)c(N=CN(C)C(C)C)cc2C)c1. The molecule has 0 saturated carbocycles. The Balaban J connectivity index is 2.22. The molecule has 2 aromatic rings. The van der Waals surface area contributed by atoms with E-state index in [1.165, 1.54) is 5.56 Å². The van der Waals surface area contributed by atoms with Crippen molar-refractivity contribution in [1.29, 1.82) is 0 Å². The van der Waals surface area contributed by atoms with E-state index in [0.29, 0.717) is 19.3 Å². The number of rotatable bonds is 11. The molecule has 0 fully saturated rings. The molecule has 4 heteroatoms. The van der Waals surface area contributed by atoms with Gasteiger partial charge < -0.3 is 14.4 Å². The van der Waals surface area contributed by atoms with Crippen molar-refractivity contribution < 1.29 is 9.47 Å². The number of hydrogen-bond donors (Lipinski definition) is 0. The summed E-state index contributed by atoms with van der Waals surface area (Å²) in [6.45, 7) is 15.7. The number of hydrogen-bond acceptors (Lipinski definition) is 3. The van der Waals surface area contributed by atoms with Crippen LogP contribution in [0.5, 0.6) is 11.5 Å². The summed E-state index contributed by atoms with van der Waals surface area (Å²) >= 11 is 0. The maximum Gasteiger partial charge on any atom is 0.130 e. The zero-order valence-electron chi connectivity index (χ0n) is 19.3. The van der Waals surface area contributed by atoms with Gasteiger partial charge in [-0.1, -0.05) is 18.2 Å². The largest absolute Gasteiger partial charge is 0.457 e. The highest BCUT2D eigenvalue weighted by Crippen LogP contribution is 2.33. The van der Waals surface area contributed by atoms with Crippen molar-refractivity contribution >= 4 is 12.0 Å². The van der Waals surface area contributed by atoms with Crippen molar-refractivity contribution in [3.63, 3.8) is 0 Å². The fourth-order valence-electron chi connectivity index (χ4n) is 3.03. The fraction of sp³-hybridized carbons (Fsp3) is 0.423. The number of allylic oxidation sites excluding steroid dienone is 1. The average Bonchev–Trinajstić information content (AvgIpc) is 2.72. The summed E-state index contributed by atoms with van der Waals surface area (Å²) in [6.07, 6.45) is 4.70. The predicted molar refractivity (Wildman–Crippen MR) is 128 cm³/mol. The predicted octanol–water partition coefficient (Wildman–Crippen LogP) is 6.79. The van der Waals surface area contributed by atoms with E-state index in [1.54, 1.807) is 0 Å². The average molecular weight is 409 g/mol. The lowest BCUT2D eigenvalue weighted by Crippen LogP contribution is -2.24. The van der Waals surface area contributed by atoms with Crippen LogP contribution in [0.25, 0.3) is 0 Å². The molecule has 162 valence electrons. The monoisotopic (exact) mass is 408 g/mol. The van der Waals surface area contributed by atoms with Crippen LogP contribution < -0.4 is 4.74 Å². The minimum Gasteiger partial charge on any atom is -0.457 e. The lowest BCUT2D eigenvalue weighted by atomic mass is 9.96. The van der Waals surface area contributed by atoms with Gasteiger partial charge in [0.1, 0.15) is 11.5 Å². The molecule has 4 nitrogen and oxygen atoms in total. The van der Waals surface area contributed by atoms with Gasteiger partial charge in [-0.25, -0.2) is 4.99 Å². The summed E-state index contributed by atoms with van der Waals surface area (Å²) in [4.78, 5) is 6.73. The van der Waals surface area contributed by atoms with Gasteiger partial charge in [0.05, 0.1) is 18.6 Å². The second-order valence-corrected chi connectivity index (χ2v) is 7.96. The van der Waals surface area contributed by atoms with Crippen LogP contribution in [0.4, 0.5) is 5.69 Å². The first-order valence-electron chi connectivity index (χ1n) is 10.7. The van der Waals surface area contributed by atoms with Gasteiger partial charge in [-0.15, -0.1) is 6.58 Å². The zero-order valence-corrected chi connectivity index (χ0v) is 19.3. The summed E-state index contributed by atoms with van der Waals surface area (Å²) in [5, 5.41) is 0. The Morgan fingerprint density at radius 1 is 1.13 bits per heavy atom. The highest BCUT2D eigenvalue weighted by Gasteiger charge is 2.12. The van der Waals surface area contributed by atoms with Gasteiger partial charge in [0, 0.05) is 25.6 Å². The molecule has 0 radical (unpaired) electrons. The minimum absolute atomic E-state index is 0.281. The molecule has 1 atom stereocenters. The van der Waals surface area contributed by atoms with E-state index < -0.39 is 0 Å². The molecule has 0 aliphatic heterocycles. The second kappa shape index (κ2) is 11.6. The standard InChI is InChI=1S/C26H36N2O2/c1-8-11-23(17-29-9-2)22-12-10-13-24(16-22)30-26-15-20(5)25(14-21(26)6)27-18-28(7)19(3)4/h8,10,12-16,18-19,23H,1,9,11,17H2,2-7H3. The van der Waals surface area contributed by atoms with Gasteiger partial charge in [-0.3, -0.25) is 0 Å². The number of aliphatic imine (C=N–C) groups is 1. The molecular weight excluding hydrogens is 372 g/mol. The molecule has 0 N–H and O–H groups in total. The molecule has 0 aliphatic rings. The molecule has 30 heavy (non-hydrogen) atoms. The van der Waals surface area contributed by atoms with Gasteiger partial charge in [0.15, 0.2) is 0 Å². The maximum atomic E-state index is 6.25. The fourth-order valence-corrected chi connectivity index (χ4v) is 3.03. The summed E-state index contributed by atoms with van der Waals surface area (Å²) < 4.78 is 11.9. The molecule has 0 spiro atoms. The van der Waals surface area contributed by atoms with E-state index in [4.69, 9.17) is 9.47 Å². The molecule has 0 heterocycles. The molecule has 0 aromatic heterocycles. The Morgan fingerprint density at radius 2 is 1.90 bits per heavy atom. The van der Waals surface area contributed by atoms with Gasteiger partial charge in [-0.2, -0.15) is 0 Å². The Hall–Kier alpha value is -2.59. The first-order valence-corrected chi connectivity index (χ1v) is 10.7. The number of ether oxygens (including phenoxy) is 2.